The van der Waals surface area contributed by atoms with Crippen LogP contribution in [0.1, 0.15) is 13.3 Å². The Morgan fingerprint density at radius 3 is 2.47 bits per heavy atom. The highest BCUT2D eigenvalue weighted by Crippen LogP contribution is 2.11. The molecular weight excluding hydrogens is 190 g/mol. The van der Waals surface area contributed by atoms with Crippen molar-refractivity contribution in [2.45, 2.75) is 19.4 Å². The molecule has 0 aromatic heterocycles. The lowest BCUT2D eigenvalue weighted by atomic mass is 10.1. The van der Waals surface area contributed by atoms with Crippen LogP contribution in [0.4, 0.5) is 0 Å². The summed E-state index contributed by atoms with van der Waals surface area (Å²) < 4.78 is 0. The third-order valence-electron chi connectivity index (χ3n) is 3.05. The molecule has 5 nitrogen and oxygen atoms in total. The summed E-state index contributed by atoms with van der Waals surface area (Å²) >= 11 is 0. The molecule has 7 N–H and O–H groups in total. The predicted octanol–water partition coefficient (Wildman–Crippen LogP) is -0.538. The third-order valence-corrected chi connectivity index (χ3v) is 3.05. The van der Waals surface area contributed by atoms with Crippen LogP contribution in [0.2, 0.25) is 0 Å². The molecule has 0 aliphatic carbocycles. The normalized spacial score (nSPS) is 23.8. The zero-order valence-corrected chi connectivity index (χ0v) is 9.99. The Morgan fingerprint density at radius 1 is 1.20 bits per heavy atom. The molecule has 1 saturated heterocycles. The lowest BCUT2D eigenvalue weighted by Gasteiger charge is -2.41. The molecule has 0 saturated carbocycles. The number of nitrogens with two attached hydrogens (primary N) is 2. The van der Waals surface area contributed by atoms with E-state index in [2.05, 4.69) is 16.7 Å². The van der Waals surface area contributed by atoms with Crippen LogP contribution in [-0.2, 0) is 0 Å². The smallest absolute Gasteiger partial charge is 0.0236 e. The summed E-state index contributed by atoms with van der Waals surface area (Å²) in [5.41, 5.74) is 11.2. The molecule has 1 unspecified atom stereocenters. The van der Waals surface area contributed by atoms with E-state index in [0.717, 1.165) is 45.7 Å². The summed E-state index contributed by atoms with van der Waals surface area (Å²) in [6.45, 7) is 9.41. The van der Waals surface area contributed by atoms with Crippen LogP contribution in [0.25, 0.3) is 0 Å². The Balaban J connectivity index is 0.00000196. The third kappa shape index (κ3) is 4.44. The van der Waals surface area contributed by atoms with Gasteiger partial charge < -0.3 is 22.5 Å². The second kappa shape index (κ2) is 8.01. The fourth-order valence-electron chi connectivity index (χ4n) is 2.17. The van der Waals surface area contributed by atoms with Crippen molar-refractivity contribution < 1.29 is 0 Å². The molecule has 0 spiro atoms. The average molecular weight is 217 g/mol. The molecule has 0 aromatic rings. The van der Waals surface area contributed by atoms with E-state index in [9.17, 15) is 0 Å². The minimum Gasteiger partial charge on any atom is -0.344 e. The van der Waals surface area contributed by atoms with Gasteiger partial charge in [0, 0.05) is 38.8 Å². The van der Waals surface area contributed by atoms with Crippen LogP contribution in [0.3, 0.4) is 0 Å². The van der Waals surface area contributed by atoms with E-state index >= 15 is 0 Å². The molecule has 0 amide bonds. The standard InChI is InChI=1S/C10H24N4.H3N/c1-2-13-7-8-14(6-5-12)10(9-13)3-4-11;/h10H,2-9,11-12H2,1H3;1H3. The Morgan fingerprint density at radius 2 is 1.93 bits per heavy atom. The van der Waals surface area contributed by atoms with E-state index in [1.54, 1.807) is 0 Å². The van der Waals surface area contributed by atoms with Crippen LogP contribution in [-0.4, -0.2) is 61.7 Å². The topological polar surface area (TPSA) is 93.5 Å². The van der Waals surface area contributed by atoms with Crippen molar-refractivity contribution in [3.8, 4) is 0 Å². The first-order valence-corrected chi connectivity index (χ1v) is 5.68. The lowest BCUT2D eigenvalue weighted by molar-refractivity contribution is 0.0766. The fourth-order valence-corrected chi connectivity index (χ4v) is 2.17. The molecule has 1 rings (SSSR count). The first kappa shape index (κ1) is 14.8. The number of piperazine rings is 1. The van der Waals surface area contributed by atoms with Gasteiger partial charge in [0.1, 0.15) is 0 Å². The van der Waals surface area contributed by atoms with Crippen molar-refractivity contribution in [1.29, 1.82) is 0 Å². The molecule has 1 fully saturated rings. The Kier molecular flexibility index (Phi) is 7.90. The van der Waals surface area contributed by atoms with E-state index < -0.39 is 0 Å². The maximum Gasteiger partial charge on any atom is 0.0236 e. The van der Waals surface area contributed by atoms with Crippen LogP contribution in [0.5, 0.6) is 0 Å². The lowest BCUT2D eigenvalue weighted by Crippen LogP contribution is -2.54. The van der Waals surface area contributed by atoms with Crippen molar-refractivity contribution in [3.05, 3.63) is 0 Å². The Labute approximate surface area is 93.4 Å². The van der Waals surface area contributed by atoms with E-state index in [-0.39, 0.29) is 6.15 Å². The van der Waals surface area contributed by atoms with E-state index in [4.69, 9.17) is 11.5 Å². The van der Waals surface area contributed by atoms with Gasteiger partial charge in [-0.1, -0.05) is 6.92 Å². The van der Waals surface area contributed by atoms with Gasteiger partial charge >= 0.3 is 0 Å². The molecule has 5 heteroatoms. The summed E-state index contributed by atoms with van der Waals surface area (Å²) in [5, 5.41) is 0. The second-order valence-corrected chi connectivity index (χ2v) is 3.95. The summed E-state index contributed by atoms with van der Waals surface area (Å²) in [4.78, 5) is 4.98. The maximum absolute atomic E-state index is 5.63. The highest BCUT2D eigenvalue weighted by molar-refractivity contribution is 4.81. The first-order valence-electron chi connectivity index (χ1n) is 5.68. The van der Waals surface area contributed by atoms with Crippen molar-refractivity contribution >= 4 is 0 Å². The summed E-state index contributed by atoms with van der Waals surface area (Å²) in [6.07, 6.45) is 1.09. The minimum absolute atomic E-state index is 0. The van der Waals surface area contributed by atoms with Crippen molar-refractivity contribution in [1.82, 2.24) is 16.0 Å². The molecule has 0 bridgehead atoms. The summed E-state index contributed by atoms with van der Waals surface area (Å²) in [6, 6.07) is 0.622. The van der Waals surface area contributed by atoms with Crippen molar-refractivity contribution in [2.75, 3.05) is 45.8 Å². The maximum atomic E-state index is 5.63. The summed E-state index contributed by atoms with van der Waals surface area (Å²) in [5.74, 6) is 0. The number of nitrogens with zero attached hydrogens (tertiary/aromatic N) is 2. The highest BCUT2D eigenvalue weighted by atomic mass is 15.3. The van der Waals surface area contributed by atoms with Gasteiger partial charge in [0.05, 0.1) is 0 Å². The minimum atomic E-state index is 0. The zero-order chi connectivity index (χ0) is 10.4. The van der Waals surface area contributed by atoms with E-state index in [1.165, 1.54) is 6.54 Å². The van der Waals surface area contributed by atoms with Gasteiger partial charge in [-0.15, -0.1) is 0 Å². The quantitative estimate of drug-likeness (QED) is 0.575. The van der Waals surface area contributed by atoms with E-state index in [1.807, 2.05) is 0 Å². The van der Waals surface area contributed by atoms with E-state index in [0.29, 0.717) is 6.04 Å². The monoisotopic (exact) mass is 217 g/mol. The van der Waals surface area contributed by atoms with Gasteiger partial charge in [-0.25, -0.2) is 0 Å². The van der Waals surface area contributed by atoms with Gasteiger partial charge in [-0.3, -0.25) is 4.90 Å². The molecule has 92 valence electrons. The summed E-state index contributed by atoms with van der Waals surface area (Å²) in [7, 11) is 0. The number of rotatable bonds is 5. The second-order valence-electron chi connectivity index (χ2n) is 3.95. The molecule has 0 radical (unpaired) electrons. The van der Waals surface area contributed by atoms with Crippen LogP contribution >= 0.6 is 0 Å². The fraction of sp³-hybridized carbons (Fsp3) is 1.00. The molecule has 0 aromatic carbocycles. The molecule has 1 aliphatic rings. The zero-order valence-electron chi connectivity index (χ0n) is 9.99. The molecule has 1 aliphatic heterocycles. The van der Waals surface area contributed by atoms with Gasteiger partial charge in [-0.2, -0.15) is 0 Å². The number of hydrogen-bond donors (Lipinski definition) is 3. The highest BCUT2D eigenvalue weighted by Gasteiger charge is 2.24. The Hall–Kier alpha value is -0.200. The average Bonchev–Trinajstić information content (AvgIpc) is 2.21. The molecule has 15 heavy (non-hydrogen) atoms. The predicted molar refractivity (Wildman–Crippen MR) is 65.2 cm³/mol. The largest absolute Gasteiger partial charge is 0.344 e. The van der Waals surface area contributed by atoms with Gasteiger partial charge in [0.2, 0.25) is 0 Å². The molecular formula is C10H27N5. The first-order chi connectivity index (χ1) is 6.81. The van der Waals surface area contributed by atoms with Crippen molar-refractivity contribution in [3.63, 3.8) is 0 Å². The van der Waals surface area contributed by atoms with Crippen LogP contribution < -0.4 is 17.6 Å². The molecule has 1 heterocycles. The Bertz CT molecular complexity index is 153. The number of hydrogen-bond acceptors (Lipinski definition) is 5. The number of likely N-dealkylation sites (N-methyl/N-ethyl adjacent to an activating group) is 1. The van der Waals surface area contributed by atoms with Crippen LogP contribution in [0, 0.1) is 0 Å². The van der Waals surface area contributed by atoms with Crippen molar-refractivity contribution in [2.24, 2.45) is 11.5 Å². The van der Waals surface area contributed by atoms with Gasteiger partial charge in [0.15, 0.2) is 0 Å². The van der Waals surface area contributed by atoms with Gasteiger partial charge in [0.25, 0.3) is 0 Å². The van der Waals surface area contributed by atoms with Gasteiger partial charge in [-0.05, 0) is 19.5 Å². The van der Waals surface area contributed by atoms with Crippen LogP contribution in [0.15, 0.2) is 0 Å². The molecule has 1 atom stereocenters. The SMILES string of the molecule is CCN1CCN(CCN)C(CCN)C1.N.